The van der Waals surface area contributed by atoms with Gasteiger partial charge in [0, 0.05) is 0 Å². The lowest BCUT2D eigenvalue weighted by Crippen LogP contribution is -2.20. The molecule has 0 saturated heterocycles. The topological polar surface area (TPSA) is 156 Å². The van der Waals surface area contributed by atoms with Crippen LogP contribution in [0, 0.1) is 0 Å². The minimum Gasteiger partial charge on any atom is -0.481 e. The number of aliphatic carboxylic acids is 4. The average Bonchev–Trinajstić information content (AvgIpc) is 2.23. The number of carboxylic acids is 4. The molecule has 10 nitrogen and oxygen atoms in total. The molecule has 22 heavy (non-hydrogen) atoms. The Balaban J connectivity index is -0.000000247. The van der Waals surface area contributed by atoms with Crippen LogP contribution in [-0.2, 0) is 19.2 Å². The maximum Gasteiger partial charge on any atom is 0.317 e. The minimum absolute atomic E-state index is 0.111. The van der Waals surface area contributed by atoms with Gasteiger partial charge in [-0.25, -0.2) is 0 Å². The number of carboxylic acid groups (broad SMARTS) is 4. The lowest BCUT2D eigenvalue weighted by Gasteiger charge is -2.01. The predicted octanol–water partition coefficient (Wildman–Crippen LogP) is -0.799. The van der Waals surface area contributed by atoms with Crippen LogP contribution in [0.3, 0.4) is 0 Å². The molecule has 0 atom stereocenters. The van der Waals surface area contributed by atoms with Gasteiger partial charge in [0.15, 0.2) is 0 Å². The fourth-order valence-electron chi connectivity index (χ4n) is 0.755. The van der Waals surface area contributed by atoms with Crippen molar-refractivity contribution in [2.75, 3.05) is 41.3 Å². The van der Waals surface area contributed by atoms with E-state index in [2.05, 4.69) is 0 Å². The second-order valence-electron chi connectivity index (χ2n) is 4.55. The second-order valence-corrected chi connectivity index (χ2v) is 4.55. The highest BCUT2D eigenvalue weighted by atomic mass is 16.4. The third kappa shape index (κ3) is 43.1. The molecule has 0 radical (unpaired) electrons. The molecule has 0 aliphatic heterocycles. The molecule has 0 heterocycles. The average molecular weight is 324 g/mol. The number of rotatable bonds is 7. The van der Waals surface area contributed by atoms with Gasteiger partial charge in [-0.3, -0.25) is 29.0 Å². The van der Waals surface area contributed by atoms with Crippen LogP contribution in [0.25, 0.3) is 0 Å². The Bertz CT molecular complexity index is 321. The van der Waals surface area contributed by atoms with Crippen LogP contribution in [0.5, 0.6) is 0 Å². The van der Waals surface area contributed by atoms with Crippen LogP contribution in [0.2, 0.25) is 0 Å². The zero-order valence-corrected chi connectivity index (χ0v) is 13.1. The number of nitrogens with zero attached hydrogens (tertiary/aromatic N) is 2. The van der Waals surface area contributed by atoms with E-state index in [1.165, 1.54) is 0 Å². The number of likely N-dealkylation sites (N-methyl/N-ethyl adjacent to an activating group) is 2. The molecule has 10 heteroatoms. The van der Waals surface area contributed by atoms with Crippen LogP contribution >= 0.6 is 0 Å². The first-order valence-electron chi connectivity index (χ1n) is 6.05. The van der Waals surface area contributed by atoms with E-state index in [1.807, 2.05) is 0 Å². The lowest BCUT2D eigenvalue weighted by atomic mass is 10.3. The van der Waals surface area contributed by atoms with Gasteiger partial charge >= 0.3 is 23.9 Å². The van der Waals surface area contributed by atoms with Crippen molar-refractivity contribution in [2.45, 2.75) is 12.8 Å². The highest BCUT2D eigenvalue weighted by Crippen LogP contribution is 1.86. The molecular formula is C12H24N2O8. The fraction of sp³-hybridized carbons (Fsp3) is 0.667. The fourth-order valence-corrected chi connectivity index (χ4v) is 0.755. The Hall–Kier alpha value is -2.20. The second kappa shape index (κ2) is 15.2. The van der Waals surface area contributed by atoms with E-state index < -0.39 is 23.9 Å². The highest BCUT2D eigenvalue weighted by Gasteiger charge is 2.00. The van der Waals surface area contributed by atoms with Gasteiger partial charge in [0.05, 0.1) is 25.9 Å². The number of hydrogen-bond acceptors (Lipinski definition) is 6. The molecule has 0 aliphatic rings. The largest absolute Gasteiger partial charge is 0.481 e. The summed E-state index contributed by atoms with van der Waals surface area (Å²) in [5.41, 5.74) is 0. The SMILES string of the molecule is CN(C)CC(=O)O.CN(C)CC(=O)O.O=C(O)CCC(=O)O. The monoisotopic (exact) mass is 324 g/mol. The molecule has 0 aromatic heterocycles. The Morgan fingerprint density at radius 3 is 0.864 bits per heavy atom. The van der Waals surface area contributed by atoms with Crippen LogP contribution in [0.1, 0.15) is 12.8 Å². The van der Waals surface area contributed by atoms with E-state index in [9.17, 15) is 19.2 Å². The van der Waals surface area contributed by atoms with E-state index in [0.717, 1.165) is 0 Å². The molecule has 0 aromatic rings. The molecule has 0 fully saturated rings. The zero-order chi connectivity index (χ0) is 18.3. The summed E-state index contributed by atoms with van der Waals surface area (Å²) < 4.78 is 0. The number of carbonyl (C=O) groups is 4. The van der Waals surface area contributed by atoms with Crippen molar-refractivity contribution in [1.82, 2.24) is 9.80 Å². The maximum atomic E-state index is 9.77. The van der Waals surface area contributed by atoms with Crippen LogP contribution in [-0.4, -0.2) is 95.4 Å². The first-order valence-corrected chi connectivity index (χ1v) is 6.05. The lowest BCUT2D eigenvalue weighted by molar-refractivity contribution is -0.143. The van der Waals surface area contributed by atoms with Gasteiger partial charge in [-0.15, -0.1) is 0 Å². The van der Waals surface area contributed by atoms with E-state index in [4.69, 9.17) is 20.4 Å². The first-order chi connectivity index (χ1) is 9.88. The Morgan fingerprint density at radius 2 is 0.818 bits per heavy atom. The highest BCUT2D eigenvalue weighted by molar-refractivity contribution is 5.75. The van der Waals surface area contributed by atoms with E-state index >= 15 is 0 Å². The van der Waals surface area contributed by atoms with Gasteiger partial charge in [-0.1, -0.05) is 0 Å². The summed E-state index contributed by atoms with van der Waals surface area (Å²) in [5.74, 6) is -3.73. The van der Waals surface area contributed by atoms with Gasteiger partial charge in [0.1, 0.15) is 0 Å². The zero-order valence-electron chi connectivity index (χ0n) is 13.1. The van der Waals surface area contributed by atoms with Crippen molar-refractivity contribution < 1.29 is 39.6 Å². The minimum atomic E-state index is -1.08. The maximum absolute atomic E-state index is 9.77. The summed E-state index contributed by atoms with van der Waals surface area (Å²) >= 11 is 0. The van der Waals surface area contributed by atoms with Gasteiger partial charge in [-0.2, -0.15) is 0 Å². The Labute approximate surface area is 128 Å². The third-order valence-corrected chi connectivity index (χ3v) is 1.46. The first kappa shape index (κ1) is 24.8. The van der Waals surface area contributed by atoms with E-state index in [0.29, 0.717) is 0 Å². The van der Waals surface area contributed by atoms with Crippen molar-refractivity contribution in [3.8, 4) is 0 Å². The molecule has 0 aliphatic carbocycles. The van der Waals surface area contributed by atoms with Crippen molar-refractivity contribution in [1.29, 1.82) is 0 Å². The molecule has 0 rings (SSSR count). The summed E-state index contributed by atoms with van der Waals surface area (Å²) in [6, 6.07) is 0. The predicted molar refractivity (Wildman–Crippen MR) is 76.9 cm³/mol. The van der Waals surface area contributed by atoms with Crippen molar-refractivity contribution in [3.05, 3.63) is 0 Å². The Morgan fingerprint density at radius 1 is 0.591 bits per heavy atom. The third-order valence-electron chi connectivity index (χ3n) is 1.46. The van der Waals surface area contributed by atoms with Gasteiger partial charge in [-0.05, 0) is 28.2 Å². The molecule has 130 valence electrons. The van der Waals surface area contributed by atoms with Crippen molar-refractivity contribution >= 4 is 23.9 Å². The van der Waals surface area contributed by atoms with E-state index in [1.54, 1.807) is 38.0 Å². The van der Waals surface area contributed by atoms with Crippen molar-refractivity contribution in [2.24, 2.45) is 0 Å². The summed E-state index contributed by atoms with van der Waals surface area (Å²) in [6.45, 7) is 0.222. The molecular weight excluding hydrogens is 300 g/mol. The smallest absolute Gasteiger partial charge is 0.317 e. The summed E-state index contributed by atoms with van der Waals surface area (Å²) in [5, 5.41) is 31.9. The molecule has 0 bridgehead atoms. The normalized spacial score (nSPS) is 9.18. The standard InChI is InChI=1S/2C4H9NO2.C4H6O4/c2*1-5(2)3-4(6)7;5-3(6)1-2-4(7)8/h2*3H2,1-2H3,(H,6,7);1-2H2,(H,5,6)(H,7,8). The summed E-state index contributed by atoms with van der Waals surface area (Å²) in [4.78, 5) is 42.0. The molecule has 0 saturated carbocycles. The van der Waals surface area contributed by atoms with Gasteiger partial charge < -0.3 is 20.4 Å². The summed E-state index contributed by atoms with van der Waals surface area (Å²) in [6.07, 6.45) is -0.593. The van der Waals surface area contributed by atoms with Crippen LogP contribution < -0.4 is 0 Å². The molecule has 0 amide bonds. The number of hydrogen-bond donors (Lipinski definition) is 4. The van der Waals surface area contributed by atoms with Gasteiger partial charge in [0.25, 0.3) is 0 Å². The van der Waals surface area contributed by atoms with E-state index in [-0.39, 0.29) is 25.9 Å². The van der Waals surface area contributed by atoms with Crippen LogP contribution in [0.4, 0.5) is 0 Å². The van der Waals surface area contributed by atoms with Crippen LogP contribution in [0.15, 0.2) is 0 Å². The molecule has 4 N–H and O–H groups in total. The quantitative estimate of drug-likeness (QED) is 0.467. The van der Waals surface area contributed by atoms with Gasteiger partial charge in [0.2, 0.25) is 0 Å². The van der Waals surface area contributed by atoms with Crippen molar-refractivity contribution in [3.63, 3.8) is 0 Å². The Kier molecular flexibility index (Phi) is 17.1. The molecule has 0 unspecified atom stereocenters. The molecule has 0 spiro atoms. The summed E-state index contributed by atoms with van der Waals surface area (Å²) in [7, 11) is 6.87. The molecule has 0 aromatic carbocycles.